The zero-order chi connectivity index (χ0) is 15.1. The van der Waals surface area contributed by atoms with E-state index in [-0.39, 0.29) is 5.82 Å². The maximum Gasteiger partial charge on any atom is 0.127 e. The second kappa shape index (κ2) is 8.35. The summed E-state index contributed by atoms with van der Waals surface area (Å²) in [6.45, 7) is 8.70. The second-order valence-electron chi connectivity index (χ2n) is 6.08. The van der Waals surface area contributed by atoms with Crippen LogP contribution in [0.1, 0.15) is 38.7 Å². The van der Waals surface area contributed by atoms with Crippen molar-refractivity contribution in [1.82, 2.24) is 10.2 Å². The van der Waals surface area contributed by atoms with Crippen LogP contribution in [-0.4, -0.2) is 37.2 Å². The van der Waals surface area contributed by atoms with Crippen LogP contribution in [0.4, 0.5) is 4.39 Å². The van der Waals surface area contributed by atoms with Gasteiger partial charge in [-0.15, -0.1) is 0 Å². The Hall–Kier alpha value is -1.13. The Morgan fingerprint density at radius 1 is 1.19 bits per heavy atom. The molecular formula is C17H27FN2O. The Morgan fingerprint density at radius 3 is 2.67 bits per heavy atom. The Kier molecular flexibility index (Phi) is 6.46. The van der Waals surface area contributed by atoms with Crippen LogP contribution in [0.15, 0.2) is 18.2 Å². The van der Waals surface area contributed by atoms with Crippen LogP contribution in [0, 0.1) is 5.82 Å². The first-order valence-corrected chi connectivity index (χ1v) is 8.01. The molecule has 1 aromatic carbocycles. The summed E-state index contributed by atoms with van der Waals surface area (Å²) in [6.07, 6.45) is 3.91. The maximum atomic E-state index is 13.6. The number of hydrogen-bond acceptors (Lipinski definition) is 3. The lowest BCUT2D eigenvalue weighted by Crippen LogP contribution is -2.33. The molecule has 0 radical (unpaired) electrons. The van der Waals surface area contributed by atoms with Gasteiger partial charge in [0.1, 0.15) is 18.2 Å². The molecule has 4 heteroatoms. The summed E-state index contributed by atoms with van der Waals surface area (Å²) in [4.78, 5) is 2.42. The molecule has 0 bridgehead atoms. The average Bonchev–Trinajstić information content (AvgIpc) is 2.46. The monoisotopic (exact) mass is 294 g/mol. The van der Waals surface area contributed by atoms with Gasteiger partial charge < -0.3 is 10.1 Å². The number of rotatable bonds is 7. The first kappa shape index (κ1) is 16.2. The minimum absolute atomic E-state index is 0.231. The Labute approximate surface area is 127 Å². The molecule has 1 aliphatic rings. The van der Waals surface area contributed by atoms with E-state index in [1.54, 1.807) is 6.07 Å². The Bertz CT molecular complexity index is 431. The summed E-state index contributed by atoms with van der Waals surface area (Å²) in [6, 6.07) is 5.34. The van der Waals surface area contributed by atoms with Gasteiger partial charge in [-0.2, -0.15) is 0 Å². The second-order valence-corrected chi connectivity index (χ2v) is 6.08. The molecule has 1 saturated heterocycles. The predicted octanol–water partition coefficient (Wildman–Crippen LogP) is 3.19. The van der Waals surface area contributed by atoms with Gasteiger partial charge in [0.25, 0.3) is 0 Å². The molecule has 0 saturated carbocycles. The topological polar surface area (TPSA) is 24.5 Å². The number of nitrogens with zero attached hydrogens (tertiary/aromatic N) is 1. The summed E-state index contributed by atoms with van der Waals surface area (Å²) >= 11 is 0. The number of nitrogens with one attached hydrogen (secondary N) is 1. The third-order valence-corrected chi connectivity index (χ3v) is 3.77. The van der Waals surface area contributed by atoms with Crippen molar-refractivity contribution in [2.45, 2.75) is 45.7 Å². The van der Waals surface area contributed by atoms with Crippen molar-refractivity contribution in [2.24, 2.45) is 0 Å². The Balaban J connectivity index is 1.81. The standard InChI is InChI=1S/C17H27FN2O/c1-14(2)19-13-15-10-16(18)12-17(11-15)21-9-8-20-6-4-3-5-7-20/h10-12,14,19H,3-9,13H2,1-2H3. The van der Waals surface area contributed by atoms with Crippen LogP contribution in [0.3, 0.4) is 0 Å². The van der Waals surface area contributed by atoms with Crippen LogP contribution in [-0.2, 0) is 6.54 Å². The van der Waals surface area contributed by atoms with Crippen molar-refractivity contribution >= 4 is 0 Å². The minimum atomic E-state index is -0.231. The van der Waals surface area contributed by atoms with Gasteiger partial charge in [-0.05, 0) is 43.6 Å². The third kappa shape index (κ3) is 6.02. The molecule has 0 aliphatic carbocycles. The van der Waals surface area contributed by atoms with Crippen LogP contribution in [0.25, 0.3) is 0 Å². The quantitative estimate of drug-likeness (QED) is 0.836. The average molecular weight is 294 g/mol. The molecule has 0 amide bonds. The molecule has 118 valence electrons. The lowest BCUT2D eigenvalue weighted by Gasteiger charge is -2.26. The van der Waals surface area contributed by atoms with E-state index in [1.807, 2.05) is 6.07 Å². The highest BCUT2D eigenvalue weighted by Gasteiger charge is 2.10. The molecule has 0 unspecified atom stereocenters. The van der Waals surface area contributed by atoms with Crippen LogP contribution in [0.5, 0.6) is 5.75 Å². The van der Waals surface area contributed by atoms with E-state index in [9.17, 15) is 4.39 Å². The van der Waals surface area contributed by atoms with E-state index < -0.39 is 0 Å². The van der Waals surface area contributed by atoms with E-state index in [0.717, 1.165) is 25.2 Å². The molecule has 1 aromatic rings. The normalized spacial score (nSPS) is 16.4. The van der Waals surface area contributed by atoms with Crippen molar-refractivity contribution in [3.63, 3.8) is 0 Å². The van der Waals surface area contributed by atoms with Crippen molar-refractivity contribution in [3.05, 3.63) is 29.6 Å². The first-order chi connectivity index (χ1) is 10.1. The number of hydrogen-bond donors (Lipinski definition) is 1. The lowest BCUT2D eigenvalue weighted by atomic mass is 10.1. The Morgan fingerprint density at radius 2 is 1.95 bits per heavy atom. The number of piperidine rings is 1. The van der Waals surface area contributed by atoms with Crippen LogP contribution >= 0.6 is 0 Å². The minimum Gasteiger partial charge on any atom is -0.492 e. The van der Waals surface area contributed by atoms with Crippen LogP contribution < -0.4 is 10.1 Å². The van der Waals surface area contributed by atoms with E-state index in [1.165, 1.54) is 25.3 Å². The van der Waals surface area contributed by atoms with Gasteiger partial charge in [0.15, 0.2) is 0 Å². The number of likely N-dealkylation sites (tertiary alicyclic amines) is 1. The lowest BCUT2D eigenvalue weighted by molar-refractivity contribution is 0.183. The predicted molar refractivity (Wildman–Crippen MR) is 84.2 cm³/mol. The van der Waals surface area contributed by atoms with Crippen molar-refractivity contribution < 1.29 is 9.13 Å². The molecular weight excluding hydrogens is 267 g/mol. The molecule has 1 aliphatic heterocycles. The number of benzene rings is 1. The largest absolute Gasteiger partial charge is 0.492 e. The molecule has 0 aromatic heterocycles. The van der Waals surface area contributed by atoms with Gasteiger partial charge in [0.05, 0.1) is 0 Å². The molecule has 1 N–H and O–H groups in total. The molecule has 0 spiro atoms. The van der Waals surface area contributed by atoms with E-state index >= 15 is 0 Å². The number of ether oxygens (including phenoxy) is 1. The fraction of sp³-hybridized carbons (Fsp3) is 0.647. The van der Waals surface area contributed by atoms with E-state index in [4.69, 9.17) is 4.74 Å². The summed E-state index contributed by atoms with van der Waals surface area (Å²) in [7, 11) is 0. The summed E-state index contributed by atoms with van der Waals surface area (Å²) < 4.78 is 19.3. The number of halogens is 1. The maximum absolute atomic E-state index is 13.6. The highest BCUT2D eigenvalue weighted by atomic mass is 19.1. The summed E-state index contributed by atoms with van der Waals surface area (Å²) in [5.41, 5.74) is 0.927. The molecule has 1 fully saturated rings. The van der Waals surface area contributed by atoms with Crippen molar-refractivity contribution in [1.29, 1.82) is 0 Å². The molecule has 1 heterocycles. The highest BCUT2D eigenvalue weighted by Crippen LogP contribution is 2.17. The molecule has 21 heavy (non-hydrogen) atoms. The zero-order valence-electron chi connectivity index (χ0n) is 13.2. The molecule has 0 atom stereocenters. The van der Waals surface area contributed by atoms with Gasteiger partial charge in [0, 0.05) is 25.2 Å². The SMILES string of the molecule is CC(C)NCc1cc(F)cc(OCCN2CCCCC2)c1. The zero-order valence-corrected chi connectivity index (χ0v) is 13.2. The highest BCUT2D eigenvalue weighted by molar-refractivity contribution is 5.29. The van der Waals surface area contributed by atoms with Gasteiger partial charge in [0.2, 0.25) is 0 Å². The summed E-state index contributed by atoms with van der Waals surface area (Å²) in [5.74, 6) is 0.401. The van der Waals surface area contributed by atoms with E-state index in [0.29, 0.717) is 24.9 Å². The summed E-state index contributed by atoms with van der Waals surface area (Å²) in [5, 5.41) is 3.29. The first-order valence-electron chi connectivity index (χ1n) is 8.01. The van der Waals surface area contributed by atoms with Gasteiger partial charge in [-0.1, -0.05) is 20.3 Å². The fourth-order valence-electron chi connectivity index (χ4n) is 2.60. The van der Waals surface area contributed by atoms with Gasteiger partial charge in [-0.25, -0.2) is 4.39 Å². The molecule has 2 rings (SSSR count). The smallest absolute Gasteiger partial charge is 0.127 e. The fourth-order valence-corrected chi connectivity index (χ4v) is 2.60. The van der Waals surface area contributed by atoms with Crippen molar-refractivity contribution in [3.8, 4) is 5.75 Å². The van der Waals surface area contributed by atoms with Crippen molar-refractivity contribution in [2.75, 3.05) is 26.2 Å². The van der Waals surface area contributed by atoms with Gasteiger partial charge >= 0.3 is 0 Å². The van der Waals surface area contributed by atoms with Gasteiger partial charge in [-0.3, -0.25) is 4.90 Å². The molecule has 3 nitrogen and oxygen atoms in total. The van der Waals surface area contributed by atoms with Crippen LogP contribution in [0.2, 0.25) is 0 Å². The van der Waals surface area contributed by atoms with E-state index in [2.05, 4.69) is 24.1 Å². The third-order valence-electron chi connectivity index (χ3n) is 3.77.